The van der Waals surface area contributed by atoms with Crippen molar-refractivity contribution in [2.45, 2.75) is 17.7 Å². The zero-order chi connectivity index (χ0) is 13.7. The van der Waals surface area contributed by atoms with Crippen LogP contribution in [-0.2, 0) is 24.7 Å². The summed E-state index contributed by atoms with van der Waals surface area (Å²) < 4.78 is 1.76. The second-order valence-electron chi connectivity index (χ2n) is 4.47. The van der Waals surface area contributed by atoms with Gasteiger partial charge in [0.15, 0.2) is 0 Å². The van der Waals surface area contributed by atoms with E-state index in [1.807, 2.05) is 43.7 Å². The van der Waals surface area contributed by atoms with E-state index in [0.717, 1.165) is 22.4 Å². The first-order valence-electron chi connectivity index (χ1n) is 6.15. The van der Waals surface area contributed by atoms with E-state index in [4.69, 9.17) is 0 Å². The first-order valence-corrected chi connectivity index (χ1v) is 6.60. The summed E-state index contributed by atoms with van der Waals surface area (Å²) in [5.74, 6) is 0.0378. The number of nitrogens with one attached hydrogen (secondary N) is 1. The van der Waals surface area contributed by atoms with Gasteiger partial charge in [0.25, 0.3) is 0 Å². The van der Waals surface area contributed by atoms with Crippen LogP contribution in [0.4, 0.5) is 0 Å². The van der Waals surface area contributed by atoms with Crippen LogP contribution in [0.5, 0.6) is 0 Å². The molecule has 4 nitrogen and oxygen atoms in total. The zero-order valence-electron chi connectivity index (χ0n) is 10.8. The summed E-state index contributed by atoms with van der Waals surface area (Å²) in [6, 6.07) is 7.62. The number of thiol groups is 1. The van der Waals surface area contributed by atoms with Crippen molar-refractivity contribution in [2.75, 3.05) is 6.54 Å². The fourth-order valence-electron chi connectivity index (χ4n) is 1.81. The minimum Gasteiger partial charge on any atom is -0.355 e. The molecule has 0 spiro atoms. The van der Waals surface area contributed by atoms with Gasteiger partial charge in [0.1, 0.15) is 0 Å². The molecule has 19 heavy (non-hydrogen) atoms. The summed E-state index contributed by atoms with van der Waals surface area (Å²) in [5, 5.41) is 7.00. The summed E-state index contributed by atoms with van der Waals surface area (Å²) in [5.41, 5.74) is 2.12. The maximum Gasteiger partial charge on any atom is 0.224 e. The molecule has 2 aromatic rings. The largest absolute Gasteiger partial charge is 0.355 e. The Hall–Kier alpha value is -1.75. The van der Waals surface area contributed by atoms with E-state index in [2.05, 4.69) is 23.0 Å². The predicted molar refractivity (Wildman–Crippen MR) is 77.3 cm³/mol. The topological polar surface area (TPSA) is 46.9 Å². The number of aryl methyl sites for hydroxylation is 1. The minimum atomic E-state index is 0.0378. The maximum absolute atomic E-state index is 11.7. The van der Waals surface area contributed by atoms with Gasteiger partial charge in [-0.2, -0.15) is 5.10 Å². The van der Waals surface area contributed by atoms with E-state index in [-0.39, 0.29) is 5.91 Å². The Morgan fingerprint density at radius 3 is 2.68 bits per heavy atom. The van der Waals surface area contributed by atoms with Crippen molar-refractivity contribution in [3.8, 4) is 0 Å². The summed E-state index contributed by atoms with van der Waals surface area (Å²) in [6.45, 7) is 0.634. The highest BCUT2D eigenvalue weighted by Crippen LogP contribution is 2.08. The van der Waals surface area contributed by atoms with Crippen LogP contribution in [0.2, 0.25) is 0 Å². The average molecular weight is 275 g/mol. The summed E-state index contributed by atoms with van der Waals surface area (Å²) in [4.78, 5) is 12.6. The highest BCUT2D eigenvalue weighted by molar-refractivity contribution is 7.80. The van der Waals surface area contributed by atoms with Gasteiger partial charge in [-0.15, -0.1) is 12.6 Å². The zero-order valence-corrected chi connectivity index (χ0v) is 11.7. The monoisotopic (exact) mass is 275 g/mol. The highest BCUT2D eigenvalue weighted by Gasteiger charge is 2.03. The van der Waals surface area contributed by atoms with E-state index < -0.39 is 0 Å². The molecule has 0 radical (unpaired) electrons. The molecule has 5 heteroatoms. The Bertz CT molecular complexity index is 548. The van der Waals surface area contributed by atoms with Gasteiger partial charge in [-0.3, -0.25) is 9.48 Å². The first kappa shape index (κ1) is 13.7. The number of aromatic nitrogens is 2. The molecule has 1 aromatic heterocycles. The molecule has 0 bridgehead atoms. The number of hydrogen-bond donors (Lipinski definition) is 2. The molecule has 2 rings (SSSR count). The van der Waals surface area contributed by atoms with E-state index in [1.54, 1.807) is 4.68 Å². The molecule has 1 heterocycles. The van der Waals surface area contributed by atoms with E-state index in [9.17, 15) is 4.79 Å². The van der Waals surface area contributed by atoms with Crippen LogP contribution in [0.1, 0.15) is 11.1 Å². The Labute approximate surface area is 118 Å². The molecule has 1 amide bonds. The third-order valence-corrected chi connectivity index (χ3v) is 3.09. The number of amides is 1. The lowest BCUT2D eigenvalue weighted by Crippen LogP contribution is -2.27. The van der Waals surface area contributed by atoms with Gasteiger partial charge in [0.2, 0.25) is 5.91 Å². The van der Waals surface area contributed by atoms with Crippen molar-refractivity contribution in [3.05, 3.63) is 47.8 Å². The lowest BCUT2D eigenvalue weighted by atomic mass is 10.1. The molecular formula is C14H17N3OS. The molecule has 0 aliphatic heterocycles. The fourth-order valence-corrected chi connectivity index (χ4v) is 1.96. The second kappa shape index (κ2) is 6.43. The lowest BCUT2D eigenvalue weighted by Gasteiger charge is -2.04. The van der Waals surface area contributed by atoms with Crippen LogP contribution < -0.4 is 5.32 Å². The Morgan fingerprint density at radius 2 is 2.05 bits per heavy atom. The average Bonchev–Trinajstić information content (AvgIpc) is 2.78. The van der Waals surface area contributed by atoms with Crippen LogP contribution in [0, 0.1) is 0 Å². The smallest absolute Gasteiger partial charge is 0.224 e. The van der Waals surface area contributed by atoms with Gasteiger partial charge in [0, 0.05) is 24.7 Å². The van der Waals surface area contributed by atoms with Crippen LogP contribution in [0.15, 0.2) is 41.6 Å². The molecule has 0 atom stereocenters. The number of carbonyl (C=O) groups is 1. The molecular weight excluding hydrogens is 258 g/mol. The molecule has 0 saturated heterocycles. The Balaban J connectivity index is 1.74. The van der Waals surface area contributed by atoms with Gasteiger partial charge >= 0.3 is 0 Å². The van der Waals surface area contributed by atoms with Crippen LogP contribution in [0.3, 0.4) is 0 Å². The lowest BCUT2D eigenvalue weighted by molar-refractivity contribution is -0.120. The first-order chi connectivity index (χ1) is 9.13. The Kier molecular flexibility index (Phi) is 4.63. The molecule has 0 saturated carbocycles. The van der Waals surface area contributed by atoms with Crippen LogP contribution in [-0.4, -0.2) is 22.2 Å². The predicted octanol–water partition coefficient (Wildman–Crippen LogP) is 1.61. The van der Waals surface area contributed by atoms with Crippen LogP contribution in [0.25, 0.3) is 0 Å². The van der Waals surface area contributed by atoms with E-state index in [1.165, 1.54) is 0 Å². The molecule has 0 aliphatic rings. The number of nitrogens with zero attached hydrogens (tertiary/aromatic N) is 2. The summed E-state index contributed by atoms with van der Waals surface area (Å²) >= 11 is 4.21. The van der Waals surface area contributed by atoms with Gasteiger partial charge in [-0.05, 0) is 29.7 Å². The number of benzene rings is 1. The maximum atomic E-state index is 11.7. The number of rotatable bonds is 5. The third-order valence-electron chi connectivity index (χ3n) is 2.80. The number of hydrogen-bond acceptors (Lipinski definition) is 3. The molecule has 0 unspecified atom stereocenters. The van der Waals surface area contributed by atoms with Gasteiger partial charge in [-0.25, -0.2) is 0 Å². The van der Waals surface area contributed by atoms with Crippen molar-refractivity contribution in [3.63, 3.8) is 0 Å². The van der Waals surface area contributed by atoms with Crippen molar-refractivity contribution in [2.24, 2.45) is 7.05 Å². The van der Waals surface area contributed by atoms with Gasteiger partial charge < -0.3 is 5.32 Å². The molecule has 0 fully saturated rings. The van der Waals surface area contributed by atoms with Crippen molar-refractivity contribution >= 4 is 18.5 Å². The SMILES string of the molecule is Cn1cc(CCNC(=O)Cc2ccc(S)cc2)cn1. The van der Waals surface area contributed by atoms with E-state index in [0.29, 0.717) is 13.0 Å². The van der Waals surface area contributed by atoms with E-state index >= 15 is 0 Å². The summed E-state index contributed by atoms with van der Waals surface area (Å²) in [7, 11) is 1.88. The van der Waals surface area contributed by atoms with Crippen molar-refractivity contribution in [1.82, 2.24) is 15.1 Å². The highest BCUT2D eigenvalue weighted by atomic mass is 32.1. The molecule has 1 aromatic carbocycles. The third kappa shape index (κ3) is 4.44. The van der Waals surface area contributed by atoms with Crippen molar-refractivity contribution < 1.29 is 4.79 Å². The van der Waals surface area contributed by atoms with Gasteiger partial charge in [0.05, 0.1) is 12.6 Å². The minimum absolute atomic E-state index is 0.0378. The molecule has 0 aliphatic carbocycles. The second-order valence-corrected chi connectivity index (χ2v) is 4.98. The molecule has 100 valence electrons. The molecule has 1 N–H and O–H groups in total. The standard InChI is InChI=1S/C14H17N3OS/c1-17-10-12(9-16-17)6-7-15-14(18)8-11-2-4-13(19)5-3-11/h2-5,9-10,19H,6-8H2,1H3,(H,15,18). The van der Waals surface area contributed by atoms with Crippen molar-refractivity contribution in [1.29, 1.82) is 0 Å². The normalized spacial score (nSPS) is 10.4. The van der Waals surface area contributed by atoms with Crippen LogP contribution >= 0.6 is 12.6 Å². The van der Waals surface area contributed by atoms with Gasteiger partial charge in [-0.1, -0.05) is 12.1 Å². The Morgan fingerprint density at radius 1 is 1.32 bits per heavy atom. The number of carbonyl (C=O) groups excluding carboxylic acids is 1. The quantitative estimate of drug-likeness (QED) is 0.814. The fraction of sp³-hybridized carbons (Fsp3) is 0.286. The summed E-state index contributed by atoms with van der Waals surface area (Å²) in [6.07, 6.45) is 4.98.